The highest BCUT2D eigenvalue weighted by Crippen LogP contribution is 2.37. The SMILES string of the molecule is COc1cc(/C=C/C(=O)NCC(=O)O)cc(Br)c1OCc1ccccc1Cl. The van der Waals surface area contributed by atoms with Crippen LogP contribution in [0, 0.1) is 0 Å². The van der Waals surface area contributed by atoms with Gasteiger partial charge in [-0.15, -0.1) is 0 Å². The zero-order chi connectivity index (χ0) is 19.8. The highest BCUT2D eigenvalue weighted by atomic mass is 79.9. The Kier molecular flexibility index (Phi) is 7.69. The Morgan fingerprint density at radius 1 is 1.30 bits per heavy atom. The van der Waals surface area contributed by atoms with Gasteiger partial charge in [0.05, 0.1) is 11.6 Å². The van der Waals surface area contributed by atoms with Crippen LogP contribution in [0.15, 0.2) is 46.9 Å². The number of nitrogens with one attached hydrogen (secondary N) is 1. The fourth-order valence-corrected chi connectivity index (χ4v) is 2.90. The van der Waals surface area contributed by atoms with E-state index in [-0.39, 0.29) is 6.61 Å². The smallest absolute Gasteiger partial charge is 0.322 e. The largest absolute Gasteiger partial charge is 0.493 e. The van der Waals surface area contributed by atoms with Gasteiger partial charge in [-0.3, -0.25) is 9.59 Å². The van der Waals surface area contributed by atoms with Crippen molar-refractivity contribution in [3.05, 3.63) is 63.1 Å². The average molecular weight is 455 g/mol. The van der Waals surface area contributed by atoms with Gasteiger partial charge in [-0.25, -0.2) is 0 Å². The Labute approximate surface area is 169 Å². The number of carboxylic acid groups (broad SMARTS) is 1. The number of hydrogen-bond donors (Lipinski definition) is 2. The number of carbonyl (C=O) groups is 2. The summed E-state index contributed by atoms with van der Waals surface area (Å²) in [7, 11) is 1.51. The number of halogens is 2. The van der Waals surface area contributed by atoms with Crippen LogP contribution in [-0.4, -0.2) is 30.6 Å². The maximum absolute atomic E-state index is 11.6. The molecule has 0 aromatic heterocycles. The van der Waals surface area contributed by atoms with Crippen LogP contribution in [-0.2, 0) is 16.2 Å². The maximum Gasteiger partial charge on any atom is 0.322 e. The van der Waals surface area contributed by atoms with Crippen molar-refractivity contribution in [1.82, 2.24) is 5.32 Å². The zero-order valence-electron chi connectivity index (χ0n) is 14.4. The molecule has 0 radical (unpaired) electrons. The summed E-state index contributed by atoms with van der Waals surface area (Å²) in [5.74, 6) is -0.639. The monoisotopic (exact) mass is 453 g/mol. The third kappa shape index (κ3) is 6.30. The van der Waals surface area contributed by atoms with Crippen molar-refractivity contribution in [2.45, 2.75) is 6.61 Å². The number of aliphatic carboxylic acids is 1. The first kappa shape index (κ1) is 20.8. The molecular weight excluding hydrogens is 438 g/mol. The molecule has 0 aliphatic rings. The van der Waals surface area contributed by atoms with E-state index in [4.69, 9.17) is 26.2 Å². The number of methoxy groups -OCH3 is 1. The van der Waals surface area contributed by atoms with Crippen LogP contribution in [0.1, 0.15) is 11.1 Å². The van der Waals surface area contributed by atoms with Crippen molar-refractivity contribution in [3.63, 3.8) is 0 Å². The van der Waals surface area contributed by atoms with Crippen LogP contribution in [0.5, 0.6) is 11.5 Å². The normalized spacial score (nSPS) is 10.6. The van der Waals surface area contributed by atoms with Crippen LogP contribution in [0.25, 0.3) is 6.08 Å². The molecule has 0 spiro atoms. The first-order valence-electron chi connectivity index (χ1n) is 7.82. The van der Waals surface area contributed by atoms with Crippen LogP contribution in [0.3, 0.4) is 0 Å². The lowest BCUT2D eigenvalue weighted by molar-refractivity contribution is -0.137. The van der Waals surface area contributed by atoms with Gasteiger partial charge in [0, 0.05) is 16.7 Å². The van der Waals surface area contributed by atoms with E-state index in [1.807, 2.05) is 18.2 Å². The molecule has 0 fully saturated rings. The van der Waals surface area contributed by atoms with Crippen LogP contribution in [0.2, 0.25) is 5.02 Å². The highest BCUT2D eigenvalue weighted by Gasteiger charge is 2.12. The second kappa shape index (κ2) is 9.99. The summed E-state index contributed by atoms with van der Waals surface area (Å²) in [5, 5.41) is 11.4. The highest BCUT2D eigenvalue weighted by molar-refractivity contribution is 9.10. The van der Waals surface area contributed by atoms with E-state index in [1.54, 1.807) is 24.3 Å². The number of rotatable bonds is 8. The van der Waals surface area contributed by atoms with E-state index >= 15 is 0 Å². The van der Waals surface area contributed by atoms with Crippen molar-refractivity contribution in [2.75, 3.05) is 13.7 Å². The molecular formula is C19H17BrClNO5. The molecule has 2 aromatic rings. The van der Waals surface area contributed by atoms with Gasteiger partial charge in [-0.05, 0) is 45.8 Å². The van der Waals surface area contributed by atoms with Gasteiger partial charge >= 0.3 is 5.97 Å². The quantitative estimate of drug-likeness (QED) is 0.591. The summed E-state index contributed by atoms with van der Waals surface area (Å²) in [6.45, 7) is -0.174. The lowest BCUT2D eigenvalue weighted by Gasteiger charge is -2.14. The molecule has 0 bridgehead atoms. The number of carbonyl (C=O) groups excluding carboxylic acids is 1. The first-order chi connectivity index (χ1) is 12.9. The van der Waals surface area contributed by atoms with E-state index in [1.165, 1.54) is 13.2 Å². The first-order valence-corrected chi connectivity index (χ1v) is 8.99. The standard InChI is InChI=1S/C19H17BrClNO5/c1-26-16-9-12(6-7-17(23)22-10-18(24)25)8-14(20)19(16)27-11-13-4-2-3-5-15(13)21/h2-9H,10-11H2,1H3,(H,22,23)(H,24,25)/b7-6+. The third-order valence-corrected chi connectivity index (χ3v) is 4.38. The zero-order valence-corrected chi connectivity index (χ0v) is 16.7. The lowest BCUT2D eigenvalue weighted by Crippen LogP contribution is -2.27. The van der Waals surface area contributed by atoms with Gasteiger partial charge in [0.15, 0.2) is 11.5 Å². The minimum atomic E-state index is -1.11. The van der Waals surface area contributed by atoms with Gasteiger partial charge in [0.1, 0.15) is 13.2 Å². The third-order valence-electron chi connectivity index (χ3n) is 3.42. The summed E-state index contributed by atoms with van der Waals surface area (Å²) in [6.07, 6.45) is 2.79. The second-order valence-electron chi connectivity index (χ2n) is 5.36. The number of amides is 1. The summed E-state index contributed by atoms with van der Waals surface area (Å²) in [6, 6.07) is 10.8. The number of carboxylic acids is 1. The molecule has 2 rings (SSSR count). The molecule has 142 valence electrons. The van der Waals surface area contributed by atoms with Gasteiger partial charge in [0.25, 0.3) is 0 Å². The maximum atomic E-state index is 11.6. The van der Waals surface area contributed by atoms with Gasteiger partial charge in [0.2, 0.25) is 5.91 Å². The number of benzene rings is 2. The second-order valence-corrected chi connectivity index (χ2v) is 6.62. The molecule has 0 aliphatic carbocycles. The number of hydrogen-bond acceptors (Lipinski definition) is 4. The molecule has 2 N–H and O–H groups in total. The van der Waals surface area contributed by atoms with Gasteiger partial charge < -0.3 is 19.9 Å². The van der Waals surface area contributed by atoms with E-state index in [0.29, 0.717) is 26.6 Å². The number of ether oxygens (including phenoxy) is 2. The van der Waals surface area contributed by atoms with Gasteiger partial charge in [-0.1, -0.05) is 29.8 Å². The Hall–Kier alpha value is -2.51. The molecule has 27 heavy (non-hydrogen) atoms. The predicted octanol–water partition coefficient (Wildman–Crippen LogP) is 3.90. The summed E-state index contributed by atoms with van der Waals surface area (Å²) >= 11 is 9.58. The Balaban J connectivity index is 2.13. The summed E-state index contributed by atoms with van der Waals surface area (Å²) in [4.78, 5) is 22.0. The minimum Gasteiger partial charge on any atom is -0.493 e. The van der Waals surface area contributed by atoms with Crippen molar-refractivity contribution in [1.29, 1.82) is 0 Å². The summed E-state index contributed by atoms with van der Waals surface area (Å²) in [5.41, 5.74) is 1.52. The fraction of sp³-hybridized carbons (Fsp3) is 0.158. The molecule has 0 atom stereocenters. The Morgan fingerprint density at radius 3 is 2.70 bits per heavy atom. The van der Waals surface area contributed by atoms with E-state index in [2.05, 4.69) is 21.2 Å². The van der Waals surface area contributed by atoms with E-state index in [0.717, 1.165) is 5.56 Å². The van der Waals surface area contributed by atoms with E-state index < -0.39 is 18.4 Å². The molecule has 0 saturated heterocycles. The molecule has 6 nitrogen and oxygen atoms in total. The van der Waals surface area contributed by atoms with Crippen LogP contribution >= 0.6 is 27.5 Å². The van der Waals surface area contributed by atoms with Gasteiger partial charge in [-0.2, -0.15) is 0 Å². The Bertz CT molecular complexity index is 869. The Morgan fingerprint density at radius 2 is 2.04 bits per heavy atom. The van der Waals surface area contributed by atoms with E-state index in [9.17, 15) is 9.59 Å². The molecule has 8 heteroatoms. The van der Waals surface area contributed by atoms with Crippen LogP contribution in [0.4, 0.5) is 0 Å². The summed E-state index contributed by atoms with van der Waals surface area (Å²) < 4.78 is 11.9. The molecule has 0 unspecified atom stereocenters. The molecule has 0 aliphatic heterocycles. The molecule has 0 heterocycles. The van der Waals surface area contributed by atoms with Crippen molar-refractivity contribution in [3.8, 4) is 11.5 Å². The lowest BCUT2D eigenvalue weighted by atomic mass is 10.2. The predicted molar refractivity (Wildman–Crippen MR) is 106 cm³/mol. The minimum absolute atomic E-state index is 0.265. The van der Waals surface area contributed by atoms with Crippen molar-refractivity contribution >= 4 is 45.5 Å². The molecule has 0 saturated carbocycles. The molecule has 1 amide bonds. The average Bonchev–Trinajstić information content (AvgIpc) is 2.64. The van der Waals surface area contributed by atoms with Crippen molar-refractivity contribution < 1.29 is 24.2 Å². The fourth-order valence-electron chi connectivity index (χ4n) is 2.14. The van der Waals surface area contributed by atoms with Crippen molar-refractivity contribution in [2.24, 2.45) is 0 Å². The van der Waals surface area contributed by atoms with Crippen LogP contribution < -0.4 is 14.8 Å². The molecule has 2 aromatic carbocycles. The topological polar surface area (TPSA) is 84.9 Å².